The van der Waals surface area contributed by atoms with Crippen LogP contribution in [-0.2, 0) is 9.59 Å². The fourth-order valence-corrected chi connectivity index (χ4v) is 2.66. The van der Waals surface area contributed by atoms with Gasteiger partial charge in [0.15, 0.2) is 0 Å². The molecule has 0 atom stereocenters. The van der Waals surface area contributed by atoms with E-state index in [1.807, 2.05) is 13.0 Å². The molecule has 0 saturated heterocycles. The van der Waals surface area contributed by atoms with Crippen LogP contribution in [0.3, 0.4) is 0 Å². The van der Waals surface area contributed by atoms with Crippen molar-refractivity contribution in [1.29, 1.82) is 0 Å². The monoisotopic (exact) mass is 435 g/mol. The molecule has 0 bridgehead atoms. The molecule has 0 saturated carbocycles. The molecule has 0 unspecified atom stereocenters. The Labute approximate surface area is 183 Å². The molecular weight excluding hydrogens is 418 g/mol. The number of nitrogens with zero attached hydrogens (tertiary/aromatic N) is 1. The van der Waals surface area contributed by atoms with Crippen molar-refractivity contribution in [2.24, 2.45) is 5.10 Å². The SMILES string of the molecule is Cc1cccc(NC(=O)C(=O)N/N=C\c2cccc(OC(=O)c3ccc(Cl)cc3)c2)c1. The molecule has 0 aliphatic rings. The first-order valence-corrected chi connectivity index (χ1v) is 9.57. The zero-order valence-corrected chi connectivity index (χ0v) is 17.2. The van der Waals surface area contributed by atoms with Gasteiger partial charge < -0.3 is 10.1 Å². The van der Waals surface area contributed by atoms with Crippen molar-refractivity contribution in [3.63, 3.8) is 0 Å². The van der Waals surface area contributed by atoms with Gasteiger partial charge in [0.05, 0.1) is 11.8 Å². The number of nitrogens with one attached hydrogen (secondary N) is 2. The van der Waals surface area contributed by atoms with Crippen LogP contribution in [0.4, 0.5) is 5.69 Å². The van der Waals surface area contributed by atoms with E-state index < -0.39 is 17.8 Å². The van der Waals surface area contributed by atoms with Crippen molar-refractivity contribution in [1.82, 2.24) is 5.43 Å². The molecular formula is C23H18ClN3O4. The van der Waals surface area contributed by atoms with E-state index in [4.69, 9.17) is 16.3 Å². The summed E-state index contributed by atoms with van der Waals surface area (Å²) in [6, 6.07) is 19.9. The molecule has 3 aromatic carbocycles. The van der Waals surface area contributed by atoms with E-state index in [-0.39, 0.29) is 0 Å². The maximum atomic E-state index is 12.2. The van der Waals surface area contributed by atoms with E-state index in [1.54, 1.807) is 66.7 Å². The molecule has 0 aliphatic heterocycles. The molecule has 0 radical (unpaired) electrons. The van der Waals surface area contributed by atoms with Crippen LogP contribution >= 0.6 is 11.6 Å². The topological polar surface area (TPSA) is 96.9 Å². The maximum Gasteiger partial charge on any atom is 0.343 e. The summed E-state index contributed by atoms with van der Waals surface area (Å²) >= 11 is 5.81. The van der Waals surface area contributed by atoms with E-state index in [9.17, 15) is 14.4 Å². The van der Waals surface area contributed by atoms with Gasteiger partial charge in [0.2, 0.25) is 0 Å². The highest BCUT2D eigenvalue weighted by atomic mass is 35.5. The van der Waals surface area contributed by atoms with E-state index in [0.717, 1.165) is 5.56 Å². The van der Waals surface area contributed by atoms with E-state index >= 15 is 0 Å². The predicted molar refractivity (Wildman–Crippen MR) is 118 cm³/mol. The van der Waals surface area contributed by atoms with Crippen molar-refractivity contribution in [3.8, 4) is 5.75 Å². The molecule has 156 valence electrons. The number of carbonyl (C=O) groups excluding carboxylic acids is 3. The number of esters is 1. The normalized spacial score (nSPS) is 10.5. The zero-order chi connectivity index (χ0) is 22.2. The van der Waals surface area contributed by atoms with Crippen LogP contribution < -0.4 is 15.5 Å². The lowest BCUT2D eigenvalue weighted by molar-refractivity contribution is -0.136. The number of hydrogen-bond donors (Lipinski definition) is 2. The van der Waals surface area contributed by atoms with Gasteiger partial charge in [-0.15, -0.1) is 0 Å². The molecule has 2 amide bonds. The zero-order valence-electron chi connectivity index (χ0n) is 16.5. The van der Waals surface area contributed by atoms with Crippen LogP contribution in [0.2, 0.25) is 5.02 Å². The molecule has 7 nitrogen and oxygen atoms in total. The quantitative estimate of drug-likeness (QED) is 0.208. The van der Waals surface area contributed by atoms with Gasteiger partial charge in [0.25, 0.3) is 0 Å². The molecule has 3 rings (SSSR count). The Morgan fingerprint density at radius 3 is 2.42 bits per heavy atom. The Hall–Kier alpha value is -3.97. The van der Waals surface area contributed by atoms with Crippen LogP contribution in [0.5, 0.6) is 5.75 Å². The molecule has 8 heteroatoms. The van der Waals surface area contributed by atoms with Crippen molar-refractivity contribution in [2.75, 3.05) is 5.32 Å². The first-order valence-electron chi connectivity index (χ1n) is 9.19. The molecule has 0 aromatic heterocycles. The van der Waals surface area contributed by atoms with Gasteiger partial charge in [-0.3, -0.25) is 9.59 Å². The van der Waals surface area contributed by atoms with Crippen LogP contribution in [0.1, 0.15) is 21.5 Å². The highest BCUT2D eigenvalue weighted by molar-refractivity contribution is 6.39. The first-order chi connectivity index (χ1) is 14.9. The number of anilines is 1. The van der Waals surface area contributed by atoms with Gasteiger partial charge in [-0.05, 0) is 66.6 Å². The number of ether oxygens (including phenoxy) is 1. The van der Waals surface area contributed by atoms with Crippen LogP contribution in [0.25, 0.3) is 0 Å². The van der Waals surface area contributed by atoms with Gasteiger partial charge >= 0.3 is 17.8 Å². The van der Waals surface area contributed by atoms with Crippen LogP contribution in [0.15, 0.2) is 77.9 Å². The lowest BCUT2D eigenvalue weighted by Crippen LogP contribution is -2.32. The Morgan fingerprint density at radius 1 is 0.935 bits per heavy atom. The summed E-state index contributed by atoms with van der Waals surface area (Å²) in [5.41, 5.74) is 4.53. The van der Waals surface area contributed by atoms with E-state index in [0.29, 0.717) is 27.6 Å². The first kappa shape index (κ1) is 21.7. The van der Waals surface area contributed by atoms with Gasteiger partial charge in [0.1, 0.15) is 5.75 Å². The third-order valence-electron chi connectivity index (χ3n) is 4.01. The summed E-state index contributed by atoms with van der Waals surface area (Å²) in [4.78, 5) is 36.0. The minimum Gasteiger partial charge on any atom is -0.423 e. The molecule has 2 N–H and O–H groups in total. The highest BCUT2D eigenvalue weighted by Crippen LogP contribution is 2.16. The summed E-state index contributed by atoms with van der Waals surface area (Å²) in [6.45, 7) is 1.88. The Bertz CT molecular complexity index is 1140. The average molecular weight is 436 g/mol. The second-order valence-electron chi connectivity index (χ2n) is 6.49. The number of hydrazone groups is 1. The number of aryl methyl sites for hydroxylation is 1. The molecule has 0 spiro atoms. The minimum absolute atomic E-state index is 0.299. The number of carbonyl (C=O) groups is 3. The Kier molecular flexibility index (Phi) is 7.13. The number of rotatable bonds is 5. The minimum atomic E-state index is -0.914. The second-order valence-corrected chi connectivity index (χ2v) is 6.93. The number of hydrogen-bond acceptors (Lipinski definition) is 5. The molecule has 3 aromatic rings. The predicted octanol–water partition coefficient (Wildman–Crippen LogP) is 3.96. The summed E-state index contributed by atoms with van der Waals surface area (Å²) in [5, 5.41) is 6.78. The number of halogens is 1. The van der Waals surface area contributed by atoms with E-state index in [2.05, 4.69) is 15.8 Å². The maximum absolute atomic E-state index is 12.2. The van der Waals surface area contributed by atoms with Gasteiger partial charge in [0, 0.05) is 10.7 Å². The molecule has 0 aliphatic carbocycles. The summed E-state index contributed by atoms with van der Waals surface area (Å²) < 4.78 is 5.33. The lowest BCUT2D eigenvalue weighted by atomic mass is 10.2. The highest BCUT2D eigenvalue weighted by Gasteiger charge is 2.13. The lowest BCUT2D eigenvalue weighted by Gasteiger charge is -2.05. The third kappa shape index (κ3) is 6.52. The summed E-state index contributed by atoms with van der Waals surface area (Å²) in [5.74, 6) is -1.99. The number of benzene rings is 3. The standard InChI is InChI=1S/C23H18ClN3O4/c1-15-4-2-6-19(12-15)26-21(28)22(29)27-25-14-16-5-3-7-20(13-16)31-23(30)17-8-10-18(24)11-9-17/h2-14H,1H3,(H,26,28)(H,27,29)/b25-14-. The van der Waals surface area contributed by atoms with Gasteiger partial charge in [-0.1, -0.05) is 35.9 Å². The van der Waals surface area contributed by atoms with Crippen molar-refractivity contribution >= 4 is 41.3 Å². The molecule has 0 fully saturated rings. The Morgan fingerprint density at radius 2 is 1.68 bits per heavy atom. The van der Waals surface area contributed by atoms with Crippen molar-refractivity contribution < 1.29 is 19.1 Å². The molecule has 0 heterocycles. The van der Waals surface area contributed by atoms with Crippen LogP contribution in [-0.4, -0.2) is 24.0 Å². The Balaban J connectivity index is 1.56. The fourth-order valence-electron chi connectivity index (χ4n) is 2.54. The summed E-state index contributed by atoms with van der Waals surface area (Å²) in [7, 11) is 0. The third-order valence-corrected chi connectivity index (χ3v) is 4.26. The van der Waals surface area contributed by atoms with Crippen molar-refractivity contribution in [3.05, 3.63) is 94.5 Å². The largest absolute Gasteiger partial charge is 0.423 e. The molecule has 31 heavy (non-hydrogen) atoms. The van der Waals surface area contributed by atoms with E-state index in [1.165, 1.54) is 6.21 Å². The fraction of sp³-hybridized carbons (Fsp3) is 0.0435. The second kappa shape index (κ2) is 10.2. The van der Waals surface area contributed by atoms with Gasteiger partial charge in [-0.25, -0.2) is 10.2 Å². The smallest absolute Gasteiger partial charge is 0.343 e. The van der Waals surface area contributed by atoms with Crippen molar-refractivity contribution in [2.45, 2.75) is 6.92 Å². The summed E-state index contributed by atoms with van der Waals surface area (Å²) in [6.07, 6.45) is 1.33. The average Bonchev–Trinajstić information content (AvgIpc) is 2.74. The van der Waals surface area contributed by atoms with Crippen LogP contribution in [0, 0.1) is 6.92 Å². The van der Waals surface area contributed by atoms with Gasteiger partial charge in [-0.2, -0.15) is 5.10 Å². The number of amides is 2.